The number of ether oxygens (including phenoxy) is 1. The van der Waals surface area contributed by atoms with Crippen LogP contribution < -0.4 is 10.1 Å². The molecule has 1 unspecified atom stereocenters. The standard InChI is InChI=1S/C14H13F3N2O/c1-18-13(10-5-11(15)8-19-7-10)9-3-2-4-12(6-9)20-14(16)17/h2-8,13-14,18H,1H3. The highest BCUT2D eigenvalue weighted by molar-refractivity contribution is 5.36. The molecule has 0 saturated heterocycles. The van der Waals surface area contributed by atoms with Crippen molar-refractivity contribution in [3.8, 4) is 5.75 Å². The second-order valence-electron chi connectivity index (χ2n) is 4.11. The lowest BCUT2D eigenvalue weighted by molar-refractivity contribution is -0.0498. The summed E-state index contributed by atoms with van der Waals surface area (Å²) in [5.74, 6) is -0.398. The van der Waals surface area contributed by atoms with E-state index in [2.05, 4.69) is 15.0 Å². The Labute approximate surface area is 114 Å². The van der Waals surface area contributed by atoms with Crippen LogP contribution in [0, 0.1) is 5.82 Å². The van der Waals surface area contributed by atoms with Crippen LogP contribution in [0.2, 0.25) is 0 Å². The highest BCUT2D eigenvalue weighted by Crippen LogP contribution is 2.25. The van der Waals surface area contributed by atoms with Gasteiger partial charge in [-0.15, -0.1) is 0 Å². The molecule has 1 heterocycles. The van der Waals surface area contributed by atoms with Crippen LogP contribution >= 0.6 is 0 Å². The van der Waals surface area contributed by atoms with Crippen LogP contribution in [0.25, 0.3) is 0 Å². The number of nitrogens with zero attached hydrogens (tertiary/aromatic N) is 1. The summed E-state index contributed by atoms with van der Waals surface area (Å²) in [6.45, 7) is -2.88. The average Bonchev–Trinajstić information content (AvgIpc) is 2.39. The quantitative estimate of drug-likeness (QED) is 0.915. The normalized spacial score (nSPS) is 12.4. The van der Waals surface area contributed by atoms with E-state index in [4.69, 9.17) is 0 Å². The zero-order valence-electron chi connectivity index (χ0n) is 10.7. The summed E-state index contributed by atoms with van der Waals surface area (Å²) in [5.41, 5.74) is 1.28. The first-order valence-electron chi connectivity index (χ1n) is 5.92. The molecule has 0 amide bonds. The van der Waals surface area contributed by atoms with Crippen molar-refractivity contribution in [2.75, 3.05) is 7.05 Å². The highest BCUT2D eigenvalue weighted by Gasteiger charge is 2.14. The molecule has 1 N–H and O–H groups in total. The molecule has 1 aromatic carbocycles. The molecule has 106 valence electrons. The van der Waals surface area contributed by atoms with Crippen molar-refractivity contribution in [3.63, 3.8) is 0 Å². The lowest BCUT2D eigenvalue weighted by Crippen LogP contribution is -2.18. The molecule has 20 heavy (non-hydrogen) atoms. The Balaban J connectivity index is 2.32. The fraction of sp³-hybridized carbons (Fsp3) is 0.214. The zero-order chi connectivity index (χ0) is 14.5. The van der Waals surface area contributed by atoms with E-state index in [1.165, 1.54) is 24.4 Å². The Morgan fingerprint density at radius 2 is 1.95 bits per heavy atom. The van der Waals surface area contributed by atoms with E-state index in [1.54, 1.807) is 19.2 Å². The summed E-state index contributed by atoms with van der Waals surface area (Å²) in [4.78, 5) is 3.78. The third-order valence-electron chi connectivity index (χ3n) is 2.76. The number of halogens is 3. The van der Waals surface area contributed by atoms with Gasteiger partial charge in [0.1, 0.15) is 11.6 Å². The lowest BCUT2D eigenvalue weighted by Gasteiger charge is -2.17. The molecule has 1 aromatic heterocycles. The summed E-state index contributed by atoms with van der Waals surface area (Å²) in [6, 6.07) is 7.24. The van der Waals surface area contributed by atoms with E-state index in [-0.39, 0.29) is 11.8 Å². The molecule has 0 saturated carbocycles. The minimum atomic E-state index is -2.88. The minimum Gasteiger partial charge on any atom is -0.435 e. The first-order chi connectivity index (χ1) is 9.60. The Kier molecular flexibility index (Phi) is 4.57. The summed E-state index contributed by atoms with van der Waals surface area (Å²) in [5, 5.41) is 2.99. The van der Waals surface area contributed by atoms with Gasteiger partial charge in [0.05, 0.1) is 12.2 Å². The van der Waals surface area contributed by atoms with Crippen LogP contribution in [0.15, 0.2) is 42.7 Å². The lowest BCUT2D eigenvalue weighted by atomic mass is 10.00. The van der Waals surface area contributed by atoms with Crippen molar-refractivity contribution in [3.05, 3.63) is 59.7 Å². The number of hydrogen-bond acceptors (Lipinski definition) is 3. The van der Waals surface area contributed by atoms with E-state index >= 15 is 0 Å². The van der Waals surface area contributed by atoms with E-state index in [9.17, 15) is 13.2 Å². The third-order valence-corrected chi connectivity index (χ3v) is 2.76. The van der Waals surface area contributed by atoms with Crippen molar-refractivity contribution >= 4 is 0 Å². The number of hydrogen-bond donors (Lipinski definition) is 1. The van der Waals surface area contributed by atoms with Crippen LogP contribution in [-0.2, 0) is 0 Å². The van der Waals surface area contributed by atoms with Gasteiger partial charge in [0.15, 0.2) is 0 Å². The second kappa shape index (κ2) is 6.38. The molecular weight excluding hydrogens is 269 g/mol. The van der Waals surface area contributed by atoms with Gasteiger partial charge in [-0.05, 0) is 36.4 Å². The summed E-state index contributed by atoms with van der Waals surface area (Å²) >= 11 is 0. The Morgan fingerprint density at radius 1 is 1.15 bits per heavy atom. The maximum absolute atomic E-state index is 13.2. The smallest absolute Gasteiger partial charge is 0.387 e. The molecule has 2 rings (SSSR count). The SMILES string of the molecule is CNC(c1cncc(F)c1)c1cccc(OC(F)F)c1. The van der Waals surface area contributed by atoms with Crippen LogP contribution in [-0.4, -0.2) is 18.6 Å². The van der Waals surface area contributed by atoms with Crippen molar-refractivity contribution in [2.45, 2.75) is 12.7 Å². The zero-order valence-corrected chi connectivity index (χ0v) is 10.7. The first kappa shape index (κ1) is 14.3. The van der Waals surface area contributed by atoms with Gasteiger partial charge in [-0.3, -0.25) is 4.98 Å². The Bertz CT molecular complexity index is 578. The molecule has 2 aromatic rings. The Hall–Kier alpha value is -2.08. The number of aromatic nitrogens is 1. The molecular formula is C14H13F3N2O. The average molecular weight is 282 g/mol. The van der Waals surface area contributed by atoms with Crippen LogP contribution in [0.4, 0.5) is 13.2 Å². The molecule has 6 heteroatoms. The highest BCUT2D eigenvalue weighted by atomic mass is 19.3. The predicted octanol–water partition coefficient (Wildman–Crippen LogP) is 3.13. The van der Waals surface area contributed by atoms with Gasteiger partial charge in [0.25, 0.3) is 0 Å². The maximum atomic E-state index is 13.2. The number of alkyl halides is 2. The van der Waals surface area contributed by atoms with Crippen molar-refractivity contribution < 1.29 is 17.9 Å². The van der Waals surface area contributed by atoms with Gasteiger partial charge in [-0.25, -0.2) is 4.39 Å². The number of benzene rings is 1. The van der Waals surface area contributed by atoms with Crippen molar-refractivity contribution in [1.82, 2.24) is 10.3 Å². The van der Waals surface area contributed by atoms with Gasteiger partial charge >= 0.3 is 6.61 Å². The van der Waals surface area contributed by atoms with Crippen LogP contribution in [0.3, 0.4) is 0 Å². The fourth-order valence-electron chi connectivity index (χ4n) is 1.98. The largest absolute Gasteiger partial charge is 0.435 e. The molecule has 3 nitrogen and oxygen atoms in total. The monoisotopic (exact) mass is 282 g/mol. The van der Waals surface area contributed by atoms with Gasteiger partial charge in [0.2, 0.25) is 0 Å². The van der Waals surface area contributed by atoms with Gasteiger partial charge in [0, 0.05) is 6.20 Å². The van der Waals surface area contributed by atoms with Gasteiger partial charge in [-0.2, -0.15) is 8.78 Å². The van der Waals surface area contributed by atoms with Crippen LogP contribution in [0.5, 0.6) is 5.75 Å². The minimum absolute atomic E-state index is 0.0575. The van der Waals surface area contributed by atoms with E-state index in [0.29, 0.717) is 11.1 Å². The topological polar surface area (TPSA) is 34.2 Å². The number of rotatable bonds is 5. The first-order valence-corrected chi connectivity index (χ1v) is 5.92. The van der Waals surface area contributed by atoms with E-state index in [0.717, 1.165) is 6.20 Å². The summed E-state index contributed by atoms with van der Waals surface area (Å²) in [7, 11) is 1.69. The summed E-state index contributed by atoms with van der Waals surface area (Å²) < 4.78 is 42.0. The molecule has 0 fully saturated rings. The van der Waals surface area contributed by atoms with E-state index < -0.39 is 12.4 Å². The maximum Gasteiger partial charge on any atom is 0.387 e. The van der Waals surface area contributed by atoms with Crippen molar-refractivity contribution in [1.29, 1.82) is 0 Å². The van der Waals surface area contributed by atoms with Gasteiger partial charge < -0.3 is 10.1 Å². The molecule has 0 aliphatic heterocycles. The molecule has 0 aliphatic carbocycles. The molecule has 1 atom stereocenters. The molecule has 0 aliphatic rings. The van der Waals surface area contributed by atoms with E-state index in [1.807, 2.05) is 0 Å². The third kappa shape index (κ3) is 3.48. The van der Waals surface area contributed by atoms with Crippen LogP contribution in [0.1, 0.15) is 17.2 Å². The number of pyridine rings is 1. The number of nitrogens with one attached hydrogen (secondary N) is 1. The fourth-order valence-corrected chi connectivity index (χ4v) is 1.98. The molecule has 0 bridgehead atoms. The molecule has 0 radical (unpaired) electrons. The van der Waals surface area contributed by atoms with Crippen molar-refractivity contribution in [2.24, 2.45) is 0 Å². The van der Waals surface area contributed by atoms with Gasteiger partial charge in [-0.1, -0.05) is 12.1 Å². The Morgan fingerprint density at radius 3 is 2.60 bits per heavy atom. The second-order valence-corrected chi connectivity index (χ2v) is 4.11. The summed E-state index contributed by atoms with van der Waals surface area (Å²) in [6.07, 6.45) is 2.62. The molecule has 0 spiro atoms. The predicted molar refractivity (Wildman–Crippen MR) is 68.2 cm³/mol.